The lowest BCUT2D eigenvalue weighted by Crippen LogP contribution is -2.41. The van der Waals surface area contributed by atoms with Crippen LogP contribution in [0.25, 0.3) is 0 Å². The molecule has 0 bridgehead atoms. The lowest BCUT2D eigenvalue weighted by molar-refractivity contribution is -0.197. The topological polar surface area (TPSA) is 66.4 Å². The number of hydrogen-bond acceptors (Lipinski definition) is 6. The summed E-state index contributed by atoms with van der Waals surface area (Å²) in [6.07, 6.45) is 15.9. The zero-order chi connectivity index (χ0) is 25.8. The zero-order valence-electron chi connectivity index (χ0n) is 23.3. The second-order valence-electron chi connectivity index (χ2n) is 11.5. The summed E-state index contributed by atoms with van der Waals surface area (Å²) in [4.78, 5) is 0. The molecule has 3 heterocycles. The number of rotatable bonds is 12. The van der Waals surface area contributed by atoms with Gasteiger partial charge in [-0.15, -0.1) is 0 Å². The maximum atomic E-state index is 10.9. The minimum atomic E-state index is -0.522. The molecule has 0 aromatic carbocycles. The molecule has 3 aliphatic rings. The van der Waals surface area contributed by atoms with Gasteiger partial charge in [-0.25, -0.2) is 0 Å². The van der Waals surface area contributed by atoms with Crippen molar-refractivity contribution in [2.45, 2.75) is 135 Å². The Kier molecular flexibility index (Phi) is 12.9. The van der Waals surface area contributed by atoms with Crippen molar-refractivity contribution in [2.75, 3.05) is 26.4 Å². The van der Waals surface area contributed by atoms with Crippen LogP contribution in [0.5, 0.6) is 0 Å². The summed E-state index contributed by atoms with van der Waals surface area (Å²) in [7, 11) is 0. The van der Waals surface area contributed by atoms with Crippen LogP contribution in [0.4, 0.5) is 0 Å². The quantitative estimate of drug-likeness (QED) is 0.305. The van der Waals surface area contributed by atoms with Gasteiger partial charge in [0.1, 0.15) is 0 Å². The molecule has 3 saturated heterocycles. The fourth-order valence-corrected chi connectivity index (χ4v) is 5.32. The van der Waals surface area contributed by atoms with Crippen molar-refractivity contribution in [3.8, 4) is 0 Å². The number of allylic oxidation sites excluding steroid dienone is 1. The van der Waals surface area contributed by atoms with Gasteiger partial charge in [-0.2, -0.15) is 0 Å². The van der Waals surface area contributed by atoms with Crippen molar-refractivity contribution in [1.29, 1.82) is 0 Å². The molecule has 0 amide bonds. The lowest BCUT2D eigenvalue weighted by Gasteiger charge is -2.34. The molecule has 208 valence electrons. The molecule has 6 heteroatoms. The fourth-order valence-electron chi connectivity index (χ4n) is 5.32. The minimum absolute atomic E-state index is 0.0693. The Morgan fingerprint density at radius 2 is 1.81 bits per heavy atom. The number of ether oxygens (including phenoxy) is 5. The first kappa shape index (κ1) is 29.8. The Hall–Kier alpha value is -0.760. The van der Waals surface area contributed by atoms with Crippen molar-refractivity contribution in [3.63, 3.8) is 0 Å². The third kappa shape index (κ3) is 10.2. The Morgan fingerprint density at radius 3 is 2.47 bits per heavy atom. The van der Waals surface area contributed by atoms with E-state index in [1.807, 2.05) is 0 Å². The van der Waals surface area contributed by atoms with Crippen LogP contribution in [0.15, 0.2) is 23.3 Å². The predicted molar refractivity (Wildman–Crippen MR) is 143 cm³/mol. The second-order valence-corrected chi connectivity index (χ2v) is 11.5. The molecular weight excluding hydrogens is 456 g/mol. The van der Waals surface area contributed by atoms with E-state index in [4.69, 9.17) is 23.7 Å². The van der Waals surface area contributed by atoms with Crippen molar-refractivity contribution in [3.05, 3.63) is 23.3 Å². The zero-order valence-corrected chi connectivity index (χ0v) is 23.3. The van der Waals surface area contributed by atoms with Crippen molar-refractivity contribution < 1.29 is 28.8 Å². The van der Waals surface area contributed by atoms with E-state index in [2.05, 4.69) is 39.8 Å². The van der Waals surface area contributed by atoms with Gasteiger partial charge in [0.2, 0.25) is 0 Å². The minimum Gasteiger partial charge on any atom is -0.390 e. The Balaban J connectivity index is 1.45. The second kappa shape index (κ2) is 15.6. The highest BCUT2D eigenvalue weighted by molar-refractivity contribution is 5.07. The molecule has 3 rings (SSSR count). The van der Waals surface area contributed by atoms with Gasteiger partial charge in [0.15, 0.2) is 12.6 Å². The lowest BCUT2D eigenvalue weighted by atomic mass is 9.87. The summed E-state index contributed by atoms with van der Waals surface area (Å²) in [5.41, 5.74) is 2.01. The molecular formula is C30H52O6. The van der Waals surface area contributed by atoms with Crippen LogP contribution in [0.1, 0.15) is 105 Å². The molecule has 0 aliphatic carbocycles. The molecule has 36 heavy (non-hydrogen) atoms. The average molecular weight is 509 g/mol. The van der Waals surface area contributed by atoms with Crippen LogP contribution in [-0.4, -0.2) is 61.9 Å². The molecule has 0 spiro atoms. The van der Waals surface area contributed by atoms with Gasteiger partial charge in [-0.1, -0.05) is 31.1 Å². The summed E-state index contributed by atoms with van der Waals surface area (Å²) in [5.74, 6) is 0.409. The molecule has 0 radical (unpaired) electrons. The predicted octanol–water partition coefficient (Wildman–Crippen LogP) is 6.46. The van der Waals surface area contributed by atoms with Crippen LogP contribution in [0, 0.1) is 5.92 Å². The summed E-state index contributed by atoms with van der Waals surface area (Å²) in [6.45, 7) is 11.4. The van der Waals surface area contributed by atoms with Gasteiger partial charge in [-0.05, 0) is 103 Å². The highest BCUT2D eigenvalue weighted by atomic mass is 16.7. The van der Waals surface area contributed by atoms with E-state index in [9.17, 15) is 5.11 Å². The molecule has 4 unspecified atom stereocenters. The maximum Gasteiger partial charge on any atom is 0.157 e. The van der Waals surface area contributed by atoms with Gasteiger partial charge in [0, 0.05) is 13.2 Å². The number of hydrogen-bond donors (Lipinski definition) is 1. The summed E-state index contributed by atoms with van der Waals surface area (Å²) >= 11 is 0. The standard InChI is InChI=1S/C30H52O6/c1-23(2)13-15-26(36-29-12-6-8-20-33-29)24(3)10-9-18-30(4)27(31)16-14-25(22-35-30)17-21-34-28-11-5-7-19-32-28/h13,17,24,26-29,31H,5-12,14-16,18-22H2,1-4H3/t24?,26?,27-,28?,29?,30+/m1/s1. The summed E-state index contributed by atoms with van der Waals surface area (Å²) in [5, 5.41) is 10.9. The smallest absolute Gasteiger partial charge is 0.157 e. The normalized spacial score (nSPS) is 32.6. The first-order valence-corrected chi connectivity index (χ1v) is 14.5. The maximum absolute atomic E-state index is 10.9. The van der Waals surface area contributed by atoms with E-state index in [1.165, 1.54) is 24.0 Å². The summed E-state index contributed by atoms with van der Waals surface area (Å²) < 4.78 is 30.1. The van der Waals surface area contributed by atoms with Crippen molar-refractivity contribution in [2.24, 2.45) is 5.92 Å². The number of aliphatic hydroxyl groups is 1. The van der Waals surface area contributed by atoms with E-state index in [0.29, 0.717) is 19.1 Å². The van der Waals surface area contributed by atoms with Crippen LogP contribution >= 0.6 is 0 Å². The molecule has 6 nitrogen and oxygen atoms in total. The molecule has 0 aromatic heterocycles. The van der Waals surface area contributed by atoms with Crippen molar-refractivity contribution >= 4 is 0 Å². The Labute approximate surface area is 219 Å². The van der Waals surface area contributed by atoms with Crippen LogP contribution in [0.3, 0.4) is 0 Å². The third-order valence-corrected chi connectivity index (χ3v) is 8.01. The fraction of sp³-hybridized carbons (Fsp3) is 0.867. The highest BCUT2D eigenvalue weighted by Crippen LogP contribution is 2.33. The van der Waals surface area contributed by atoms with E-state index >= 15 is 0 Å². The Bertz CT molecular complexity index is 675. The molecule has 3 fully saturated rings. The molecule has 6 atom stereocenters. The number of aliphatic hydroxyl groups excluding tert-OH is 1. The van der Waals surface area contributed by atoms with E-state index in [1.54, 1.807) is 0 Å². The SMILES string of the molecule is CC(C)=CCC(OC1CCCCO1)C(C)CCC[C@]1(C)OCC(=CCOC2CCCCO2)CC[C@H]1O. The first-order chi connectivity index (χ1) is 17.4. The van der Waals surface area contributed by atoms with E-state index in [0.717, 1.165) is 77.4 Å². The van der Waals surface area contributed by atoms with Crippen LogP contribution in [0.2, 0.25) is 0 Å². The largest absolute Gasteiger partial charge is 0.390 e. The Morgan fingerprint density at radius 1 is 1.08 bits per heavy atom. The van der Waals surface area contributed by atoms with Gasteiger partial charge >= 0.3 is 0 Å². The molecule has 3 aliphatic heterocycles. The monoisotopic (exact) mass is 508 g/mol. The first-order valence-electron chi connectivity index (χ1n) is 14.5. The molecule has 1 N–H and O–H groups in total. The van der Waals surface area contributed by atoms with Gasteiger partial charge < -0.3 is 28.8 Å². The van der Waals surface area contributed by atoms with E-state index < -0.39 is 11.7 Å². The van der Waals surface area contributed by atoms with Gasteiger partial charge in [0.25, 0.3) is 0 Å². The van der Waals surface area contributed by atoms with Crippen LogP contribution in [-0.2, 0) is 23.7 Å². The molecule has 0 aromatic rings. The van der Waals surface area contributed by atoms with Gasteiger partial charge in [0.05, 0.1) is 31.0 Å². The van der Waals surface area contributed by atoms with Gasteiger partial charge in [-0.3, -0.25) is 0 Å². The molecule has 0 saturated carbocycles. The average Bonchev–Trinajstić information content (AvgIpc) is 3.01. The van der Waals surface area contributed by atoms with Crippen molar-refractivity contribution in [1.82, 2.24) is 0 Å². The highest BCUT2D eigenvalue weighted by Gasteiger charge is 2.36. The summed E-state index contributed by atoms with van der Waals surface area (Å²) in [6, 6.07) is 0. The third-order valence-electron chi connectivity index (χ3n) is 8.01. The van der Waals surface area contributed by atoms with E-state index in [-0.39, 0.29) is 18.7 Å². The van der Waals surface area contributed by atoms with Crippen LogP contribution < -0.4 is 0 Å².